The first-order valence-electron chi connectivity index (χ1n) is 10.8. The van der Waals surface area contributed by atoms with Gasteiger partial charge in [0.25, 0.3) is 5.91 Å². The van der Waals surface area contributed by atoms with Crippen LogP contribution in [0.5, 0.6) is 5.88 Å². The molecule has 2 N–H and O–H groups in total. The summed E-state index contributed by atoms with van der Waals surface area (Å²) in [6, 6.07) is 15.7. The average molecular weight is 506 g/mol. The third-order valence-electron chi connectivity index (χ3n) is 5.71. The highest BCUT2D eigenvalue weighted by molar-refractivity contribution is 7.90. The van der Waals surface area contributed by atoms with Gasteiger partial charge in [-0.25, -0.2) is 17.8 Å². The van der Waals surface area contributed by atoms with Gasteiger partial charge in [0.1, 0.15) is 18.2 Å². The molecule has 0 aliphatic carbocycles. The number of imidazole rings is 1. The SMILES string of the molecule is Cc1ccc2c(c1)nc(-c1ccc(S(C)(=O)=O)cc1)n2CC(=O)N=Nc1c(O)[nH]c2ccc(F)cc12. The summed E-state index contributed by atoms with van der Waals surface area (Å²) in [5, 5.41) is 18.0. The van der Waals surface area contributed by atoms with Crippen LogP contribution in [0.4, 0.5) is 10.1 Å². The lowest BCUT2D eigenvalue weighted by molar-refractivity contribution is -0.118. The minimum atomic E-state index is -3.37. The molecule has 0 saturated heterocycles. The van der Waals surface area contributed by atoms with Crippen LogP contribution in [0.25, 0.3) is 33.3 Å². The van der Waals surface area contributed by atoms with Gasteiger partial charge in [0.2, 0.25) is 5.88 Å². The fourth-order valence-electron chi connectivity index (χ4n) is 3.98. The second-order valence-electron chi connectivity index (χ2n) is 8.42. The number of carbonyl (C=O) groups is 1. The first kappa shape index (κ1) is 23.4. The van der Waals surface area contributed by atoms with Crippen molar-refractivity contribution in [2.45, 2.75) is 18.4 Å². The second kappa shape index (κ2) is 8.68. The highest BCUT2D eigenvalue weighted by Gasteiger charge is 2.17. The van der Waals surface area contributed by atoms with Crippen molar-refractivity contribution in [3.05, 3.63) is 72.0 Å². The maximum Gasteiger partial charge on any atom is 0.284 e. The standard InChI is InChI=1S/C25H20FN5O4S/c1-14-3-10-21-20(11-14)27-24(15-4-7-17(8-5-15)36(2,34)35)31(21)13-22(32)29-30-23-18-12-16(26)6-9-19(18)28-25(23)33/h3-12,28,33H,13H2,1-2H3. The van der Waals surface area contributed by atoms with Gasteiger partial charge in [-0.15, -0.1) is 10.2 Å². The Bertz CT molecular complexity index is 1790. The number of hydrogen-bond acceptors (Lipinski definition) is 6. The molecule has 5 rings (SSSR count). The fourth-order valence-corrected chi connectivity index (χ4v) is 4.61. The van der Waals surface area contributed by atoms with E-state index in [4.69, 9.17) is 0 Å². The zero-order chi connectivity index (χ0) is 25.6. The average Bonchev–Trinajstić information content (AvgIpc) is 3.33. The van der Waals surface area contributed by atoms with Gasteiger partial charge in [0.05, 0.1) is 21.4 Å². The summed E-state index contributed by atoms with van der Waals surface area (Å²) >= 11 is 0. The van der Waals surface area contributed by atoms with Gasteiger partial charge in [0, 0.05) is 17.2 Å². The van der Waals surface area contributed by atoms with E-state index in [0.29, 0.717) is 33.3 Å². The molecule has 0 aliphatic heterocycles. The number of fused-ring (bicyclic) bond motifs is 2. The Morgan fingerprint density at radius 1 is 1.11 bits per heavy atom. The van der Waals surface area contributed by atoms with Crippen molar-refractivity contribution < 1.29 is 22.7 Å². The molecule has 0 spiro atoms. The highest BCUT2D eigenvalue weighted by Crippen LogP contribution is 2.36. The van der Waals surface area contributed by atoms with Gasteiger partial charge in [-0.2, -0.15) is 0 Å². The molecule has 182 valence electrons. The molecule has 0 fully saturated rings. The monoisotopic (exact) mass is 505 g/mol. The minimum absolute atomic E-state index is 0.0412. The predicted octanol–water partition coefficient (Wildman–Crippen LogP) is 5.05. The smallest absolute Gasteiger partial charge is 0.284 e. The van der Waals surface area contributed by atoms with Crippen molar-refractivity contribution in [2.24, 2.45) is 10.2 Å². The topological polar surface area (TPSA) is 130 Å². The number of aromatic hydroxyl groups is 1. The first-order valence-corrected chi connectivity index (χ1v) is 12.7. The lowest BCUT2D eigenvalue weighted by Crippen LogP contribution is -2.09. The van der Waals surface area contributed by atoms with Crippen molar-refractivity contribution in [1.29, 1.82) is 0 Å². The molecule has 0 unspecified atom stereocenters. The molecule has 36 heavy (non-hydrogen) atoms. The maximum absolute atomic E-state index is 13.7. The zero-order valence-corrected chi connectivity index (χ0v) is 20.0. The zero-order valence-electron chi connectivity index (χ0n) is 19.2. The van der Waals surface area contributed by atoms with Crippen molar-refractivity contribution >= 4 is 43.4 Å². The molecule has 2 aromatic heterocycles. The summed E-state index contributed by atoms with van der Waals surface area (Å²) in [6.45, 7) is 1.71. The molecule has 0 atom stereocenters. The Labute approximate surface area is 204 Å². The van der Waals surface area contributed by atoms with E-state index in [9.17, 15) is 22.7 Å². The molecule has 0 radical (unpaired) electrons. The summed E-state index contributed by atoms with van der Waals surface area (Å²) in [5.74, 6) is -1.02. The molecule has 9 nitrogen and oxygen atoms in total. The summed E-state index contributed by atoms with van der Waals surface area (Å²) < 4.78 is 39.0. The molecule has 2 heterocycles. The van der Waals surface area contributed by atoms with Crippen molar-refractivity contribution in [1.82, 2.24) is 14.5 Å². The third-order valence-corrected chi connectivity index (χ3v) is 6.84. The number of aromatic nitrogens is 3. The molecule has 0 bridgehead atoms. The van der Waals surface area contributed by atoms with Crippen molar-refractivity contribution in [3.8, 4) is 17.3 Å². The number of nitrogens with zero attached hydrogens (tertiary/aromatic N) is 4. The maximum atomic E-state index is 13.7. The van der Waals surface area contributed by atoms with E-state index in [0.717, 1.165) is 11.8 Å². The van der Waals surface area contributed by atoms with E-state index < -0.39 is 21.6 Å². The van der Waals surface area contributed by atoms with E-state index in [1.165, 1.54) is 30.3 Å². The van der Waals surface area contributed by atoms with E-state index >= 15 is 0 Å². The van der Waals surface area contributed by atoms with Crippen LogP contribution in [-0.4, -0.2) is 40.2 Å². The molecular weight excluding hydrogens is 485 g/mol. The van der Waals surface area contributed by atoms with Crippen LogP contribution in [-0.2, 0) is 21.2 Å². The van der Waals surface area contributed by atoms with E-state index in [1.807, 2.05) is 25.1 Å². The first-order chi connectivity index (χ1) is 17.1. The van der Waals surface area contributed by atoms with Crippen LogP contribution >= 0.6 is 0 Å². The fraction of sp³-hybridized carbons (Fsp3) is 0.120. The van der Waals surface area contributed by atoms with Gasteiger partial charge < -0.3 is 14.7 Å². The van der Waals surface area contributed by atoms with Gasteiger partial charge in [-0.3, -0.25) is 4.79 Å². The predicted molar refractivity (Wildman–Crippen MR) is 132 cm³/mol. The van der Waals surface area contributed by atoms with E-state index in [-0.39, 0.29) is 23.0 Å². The number of amides is 1. The van der Waals surface area contributed by atoms with E-state index in [2.05, 4.69) is 20.2 Å². The lowest BCUT2D eigenvalue weighted by Gasteiger charge is -2.08. The minimum Gasteiger partial charge on any atom is -0.493 e. The highest BCUT2D eigenvalue weighted by atomic mass is 32.2. The Balaban J connectivity index is 1.52. The van der Waals surface area contributed by atoms with E-state index in [1.54, 1.807) is 16.7 Å². The van der Waals surface area contributed by atoms with Crippen LogP contribution in [0.3, 0.4) is 0 Å². The quantitative estimate of drug-likeness (QED) is 0.323. The molecule has 11 heteroatoms. The molecule has 3 aromatic carbocycles. The number of H-pyrrole nitrogens is 1. The number of carbonyl (C=O) groups excluding carboxylic acids is 1. The number of azo groups is 1. The number of hydrogen-bond donors (Lipinski definition) is 2. The van der Waals surface area contributed by atoms with Crippen LogP contribution in [0.15, 0.2) is 75.8 Å². The molecule has 0 saturated carbocycles. The molecule has 0 aliphatic rings. The van der Waals surface area contributed by atoms with Gasteiger partial charge in [-0.1, -0.05) is 6.07 Å². The van der Waals surface area contributed by atoms with Gasteiger partial charge >= 0.3 is 0 Å². The number of nitrogens with one attached hydrogen (secondary N) is 1. The number of aromatic amines is 1. The Kier molecular flexibility index (Phi) is 5.64. The van der Waals surface area contributed by atoms with Crippen LogP contribution in [0.2, 0.25) is 0 Å². The Morgan fingerprint density at radius 3 is 2.58 bits per heavy atom. The third kappa shape index (κ3) is 4.36. The number of halogens is 1. The number of benzene rings is 3. The summed E-state index contributed by atoms with van der Waals surface area (Å²) in [7, 11) is -3.37. The number of sulfone groups is 1. The molecular formula is C25H20FN5O4S. The number of aryl methyl sites for hydroxylation is 1. The van der Waals surface area contributed by atoms with Crippen LogP contribution in [0, 0.1) is 12.7 Å². The van der Waals surface area contributed by atoms with Crippen molar-refractivity contribution in [3.63, 3.8) is 0 Å². The Hall–Kier alpha value is -4.38. The summed E-state index contributed by atoms with van der Waals surface area (Å²) in [4.78, 5) is 20.3. The van der Waals surface area contributed by atoms with Gasteiger partial charge in [0.15, 0.2) is 15.5 Å². The largest absolute Gasteiger partial charge is 0.493 e. The van der Waals surface area contributed by atoms with Crippen LogP contribution < -0.4 is 0 Å². The Morgan fingerprint density at radius 2 is 1.86 bits per heavy atom. The van der Waals surface area contributed by atoms with Crippen molar-refractivity contribution in [2.75, 3.05) is 6.26 Å². The molecule has 1 amide bonds. The summed E-state index contributed by atoms with van der Waals surface area (Å²) in [5.41, 5.74) is 3.35. The molecule has 5 aromatic rings. The van der Waals surface area contributed by atoms with Crippen LogP contribution in [0.1, 0.15) is 5.56 Å². The number of rotatable bonds is 5. The lowest BCUT2D eigenvalue weighted by atomic mass is 10.2. The normalized spacial score (nSPS) is 12.2. The van der Waals surface area contributed by atoms with Gasteiger partial charge in [-0.05, 0) is 67.1 Å². The second-order valence-corrected chi connectivity index (χ2v) is 10.4. The summed E-state index contributed by atoms with van der Waals surface area (Å²) in [6.07, 6.45) is 1.13.